The van der Waals surface area contributed by atoms with Crippen LogP contribution in [-0.2, 0) is 4.79 Å². The molecule has 1 fully saturated rings. The molecular formula is C16H20FN3O5. The van der Waals surface area contributed by atoms with Crippen LogP contribution in [0.15, 0.2) is 12.1 Å². The number of carbonyl (C=O) groups excluding carboxylic acids is 1. The zero-order valence-corrected chi connectivity index (χ0v) is 14.0. The van der Waals surface area contributed by atoms with E-state index in [-0.39, 0.29) is 29.8 Å². The summed E-state index contributed by atoms with van der Waals surface area (Å²) in [6, 6.07) is 1.69. The molecule has 0 aliphatic heterocycles. The number of amides is 1. The average molecular weight is 353 g/mol. The lowest BCUT2D eigenvalue weighted by Crippen LogP contribution is -2.54. The van der Waals surface area contributed by atoms with Gasteiger partial charge in [0, 0.05) is 17.6 Å². The summed E-state index contributed by atoms with van der Waals surface area (Å²) < 4.78 is 13.5. The van der Waals surface area contributed by atoms with Gasteiger partial charge in [0.05, 0.1) is 11.5 Å². The molecule has 1 saturated carbocycles. The molecule has 0 spiro atoms. The number of halogens is 1. The average Bonchev–Trinajstić information content (AvgIpc) is 2.46. The van der Waals surface area contributed by atoms with E-state index in [1.807, 2.05) is 6.92 Å². The van der Waals surface area contributed by atoms with Gasteiger partial charge in [-0.2, -0.15) is 0 Å². The number of hydrogen-bond donors (Lipinski definition) is 2. The fourth-order valence-electron chi connectivity index (χ4n) is 3.09. The zero-order chi connectivity index (χ0) is 18.7. The second-order valence-corrected chi connectivity index (χ2v) is 6.13. The normalized spacial score (nSPS) is 19.4. The van der Waals surface area contributed by atoms with E-state index in [2.05, 4.69) is 5.32 Å². The molecule has 9 heteroatoms. The summed E-state index contributed by atoms with van der Waals surface area (Å²) in [6.07, 6.45) is 1.10. The second-order valence-electron chi connectivity index (χ2n) is 6.13. The molecule has 2 rings (SSSR count). The van der Waals surface area contributed by atoms with Gasteiger partial charge in [-0.05, 0) is 38.4 Å². The monoisotopic (exact) mass is 353 g/mol. The largest absolute Gasteiger partial charge is 0.480 e. The smallest absolute Gasteiger partial charge is 0.317 e. The van der Waals surface area contributed by atoms with Crippen LogP contribution in [0.25, 0.3) is 0 Å². The number of nitro benzene ring substituents is 1. The predicted octanol–water partition coefficient (Wildman–Crippen LogP) is 1.71. The first kappa shape index (κ1) is 18.8. The molecule has 1 amide bonds. The van der Waals surface area contributed by atoms with Crippen molar-refractivity contribution in [1.82, 2.24) is 10.2 Å². The fraction of sp³-hybridized carbons (Fsp3) is 0.500. The number of carboxylic acid groups (broad SMARTS) is 1. The molecule has 136 valence electrons. The molecule has 0 unspecified atom stereocenters. The maximum Gasteiger partial charge on any atom is 0.317 e. The number of nitrogens with zero attached hydrogens (tertiary/aromatic N) is 2. The van der Waals surface area contributed by atoms with Crippen molar-refractivity contribution in [2.75, 3.05) is 13.1 Å². The molecule has 1 aromatic carbocycles. The standard InChI is InChI=1S/C16H20FN3O5/c1-3-19(8-14(21)22)12-6-11(7-12)18-16(23)13-5-10(17)4-9(2)15(13)20(24)25/h4-5,11-12H,3,6-8H2,1-2H3,(H,18,23)(H,21,22). The molecule has 2 N–H and O–H groups in total. The van der Waals surface area contributed by atoms with Gasteiger partial charge in [0.2, 0.25) is 0 Å². The van der Waals surface area contributed by atoms with Gasteiger partial charge in [0.15, 0.2) is 0 Å². The summed E-state index contributed by atoms with van der Waals surface area (Å²) in [4.78, 5) is 35.4. The van der Waals surface area contributed by atoms with Crippen LogP contribution in [0.5, 0.6) is 0 Å². The van der Waals surface area contributed by atoms with E-state index in [1.165, 1.54) is 6.92 Å². The van der Waals surface area contributed by atoms with Crippen LogP contribution in [0.3, 0.4) is 0 Å². The highest BCUT2D eigenvalue weighted by Gasteiger charge is 2.36. The molecule has 0 bridgehead atoms. The molecular weight excluding hydrogens is 333 g/mol. The topological polar surface area (TPSA) is 113 Å². The van der Waals surface area contributed by atoms with Crippen molar-refractivity contribution in [2.45, 2.75) is 38.8 Å². The minimum Gasteiger partial charge on any atom is -0.480 e. The number of hydrogen-bond acceptors (Lipinski definition) is 5. The third-order valence-electron chi connectivity index (χ3n) is 4.40. The lowest BCUT2D eigenvalue weighted by molar-refractivity contribution is -0.385. The van der Waals surface area contributed by atoms with E-state index in [4.69, 9.17) is 5.11 Å². The van der Waals surface area contributed by atoms with Crippen LogP contribution in [0.1, 0.15) is 35.7 Å². The van der Waals surface area contributed by atoms with Gasteiger partial charge in [0.25, 0.3) is 11.6 Å². The zero-order valence-electron chi connectivity index (χ0n) is 14.0. The summed E-state index contributed by atoms with van der Waals surface area (Å²) >= 11 is 0. The van der Waals surface area contributed by atoms with E-state index in [1.54, 1.807) is 4.90 Å². The molecule has 0 saturated heterocycles. The number of benzene rings is 1. The third kappa shape index (κ3) is 4.30. The molecule has 0 aromatic heterocycles. The Hall–Kier alpha value is -2.55. The van der Waals surface area contributed by atoms with Crippen molar-refractivity contribution in [3.63, 3.8) is 0 Å². The Bertz CT molecular complexity index is 703. The Kier molecular flexibility index (Phi) is 5.68. The van der Waals surface area contributed by atoms with Gasteiger partial charge in [0.1, 0.15) is 11.4 Å². The van der Waals surface area contributed by atoms with Crippen LogP contribution in [0.2, 0.25) is 0 Å². The van der Waals surface area contributed by atoms with Crippen molar-refractivity contribution in [3.8, 4) is 0 Å². The molecule has 0 atom stereocenters. The van der Waals surface area contributed by atoms with Crippen LogP contribution < -0.4 is 5.32 Å². The van der Waals surface area contributed by atoms with Gasteiger partial charge < -0.3 is 10.4 Å². The second kappa shape index (κ2) is 7.56. The van der Waals surface area contributed by atoms with Gasteiger partial charge in [-0.25, -0.2) is 4.39 Å². The van der Waals surface area contributed by atoms with Gasteiger partial charge in [-0.15, -0.1) is 0 Å². The number of rotatable bonds is 7. The van der Waals surface area contributed by atoms with E-state index in [0.29, 0.717) is 19.4 Å². The van der Waals surface area contributed by atoms with E-state index < -0.39 is 28.3 Å². The molecule has 25 heavy (non-hydrogen) atoms. The van der Waals surface area contributed by atoms with E-state index in [9.17, 15) is 24.1 Å². The molecule has 1 aliphatic rings. The third-order valence-corrected chi connectivity index (χ3v) is 4.40. The fourth-order valence-corrected chi connectivity index (χ4v) is 3.09. The summed E-state index contributed by atoms with van der Waals surface area (Å²) in [7, 11) is 0. The summed E-state index contributed by atoms with van der Waals surface area (Å²) in [5.74, 6) is -2.32. The van der Waals surface area contributed by atoms with Crippen molar-refractivity contribution >= 4 is 17.6 Å². The number of nitro groups is 1. The van der Waals surface area contributed by atoms with Gasteiger partial charge >= 0.3 is 5.97 Å². The highest BCUT2D eigenvalue weighted by molar-refractivity contribution is 5.98. The quantitative estimate of drug-likeness (QED) is 0.570. The Balaban J connectivity index is 2.03. The number of aliphatic carboxylic acids is 1. The van der Waals surface area contributed by atoms with Crippen LogP contribution in [0, 0.1) is 22.9 Å². The van der Waals surface area contributed by atoms with Crippen molar-refractivity contribution in [2.24, 2.45) is 0 Å². The first-order valence-electron chi connectivity index (χ1n) is 7.94. The number of carboxylic acids is 1. The van der Waals surface area contributed by atoms with Gasteiger partial charge in [-0.3, -0.25) is 24.6 Å². The molecule has 1 aliphatic carbocycles. The van der Waals surface area contributed by atoms with Crippen molar-refractivity contribution in [3.05, 3.63) is 39.2 Å². The minimum absolute atomic E-state index is 0.0376. The lowest BCUT2D eigenvalue weighted by Gasteiger charge is -2.42. The van der Waals surface area contributed by atoms with Crippen molar-refractivity contribution < 1.29 is 24.0 Å². The first-order chi connectivity index (χ1) is 11.7. The highest BCUT2D eigenvalue weighted by atomic mass is 19.1. The highest BCUT2D eigenvalue weighted by Crippen LogP contribution is 2.28. The first-order valence-corrected chi connectivity index (χ1v) is 7.94. The molecule has 0 heterocycles. The van der Waals surface area contributed by atoms with Crippen LogP contribution >= 0.6 is 0 Å². The minimum atomic E-state index is -0.916. The van der Waals surface area contributed by atoms with Crippen LogP contribution in [0.4, 0.5) is 10.1 Å². The van der Waals surface area contributed by atoms with Gasteiger partial charge in [-0.1, -0.05) is 6.92 Å². The number of nitrogens with one attached hydrogen (secondary N) is 1. The predicted molar refractivity (Wildman–Crippen MR) is 87.0 cm³/mol. The van der Waals surface area contributed by atoms with E-state index >= 15 is 0 Å². The van der Waals surface area contributed by atoms with Crippen LogP contribution in [-0.4, -0.2) is 52.0 Å². The number of aryl methyl sites for hydroxylation is 1. The Labute approximate surface area is 143 Å². The Morgan fingerprint density at radius 3 is 2.60 bits per heavy atom. The Morgan fingerprint density at radius 1 is 1.44 bits per heavy atom. The molecule has 0 radical (unpaired) electrons. The Morgan fingerprint density at radius 2 is 2.08 bits per heavy atom. The lowest BCUT2D eigenvalue weighted by atomic mass is 9.85. The van der Waals surface area contributed by atoms with Crippen molar-refractivity contribution in [1.29, 1.82) is 0 Å². The SMILES string of the molecule is CCN(CC(=O)O)C1CC(NC(=O)c2cc(F)cc(C)c2[N+](=O)[O-])C1. The van der Waals surface area contributed by atoms with E-state index in [0.717, 1.165) is 12.1 Å². The maximum absolute atomic E-state index is 13.5. The summed E-state index contributed by atoms with van der Waals surface area (Å²) in [6.45, 7) is 3.73. The number of likely N-dealkylation sites (N-methyl/N-ethyl adjacent to an activating group) is 1. The summed E-state index contributed by atoms with van der Waals surface area (Å²) in [5, 5.41) is 22.7. The molecule has 8 nitrogen and oxygen atoms in total. The summed E-state index contributed by atoms with van der Waals surface area (Å²) in [5.41, 5.74) is -0.625. The molecule has 1 aromatic rings. The maximum atomic E-state index is 13.5. The number of carbonyl (C=O) groups is 2.